The van der Waals surface area contributed by atoms with Gasteiger partial charge in [-0.15, -0.1) is 11.7 Å². The van der Waals surface area contributed by atoms with E-state index in [2.05, 4.69) is 28.8 Å². The van der Waals surface area contributed by atoms with Gasteiger partial charge in [-0.05, 0) is 11.5 Å². The van der Waals surface area contributed by atoms with Crippen molar-refractivity contribution in [1.29, 1.82) is 0 Å². The van der Waals surface area contributed by atoms with Crippen LogP contribution in [0, 0.1) is 0 Å². The zero-order chi connectivity index (χ0) is 8.95. The zero-order valence-electron chi connectivity index (χ0n) is 5.79. The van der Waals surface area contributed by atoms with Gasteiger partial charge in [0.2, 0.25) is 0 Å². The van der Waals surface area contributed by atoms with E-state index in [0.717, 1.165) is 5.75 Å². The van der Waals surface area contributed by atoms with Crippen LogP contribution in [0.25, 0.3) is 0 Å². The molecule has 1 heterocycles. The fourth-order valence-electron chi connectivity index (χ4n) is 0.136. The van der Waals surface area contributed by atoms with Crippen molar-refractivity contribution in [2.45, 2.75) is 0 Å². The van der Waals surface area contributed by atoms with Crippen molar-refractivity contribution in [2.24, 2.45) is 0 Å². The topological polar surface area (TPSA) is 66.2 Å². The third-order valence-corrected chi connectivity index (χ3v) is 1.10. The minimum Gasteiger partial charge on any atom is -0.255 e. The highest BCUT2D eigenvalue weighted by Gasteiger charge is 1.61. The van der Waals surface area contributed by atoms with Crippen LogP contribution in [-0.4, -0.2) is 25.9 Å². The Kier molecular flexibility index (Phi) is 19.5. The molecule has 0 aromatic carbocycles. The predicted molar refractivity (Wildman–Crippen MR) is 49.2 cm³/mol. The van der Waals surface area contributed by atoms with Crippen molar-refractivity contribution in [1.82, 2.24) is 9.59 Å². The molecule has 0 saturated carbocycles. The third-order valence-electron chi connectivity index (χ3n) is 0.412. The van der Waals surface area contributed by atoms with E-state index in [1.54, 1.807) is 12.3 Å². The van der Waals surface area contributed by atoms with Gasteiger partial charge in [-0.3, -0.25) is 10.5 Å². The molecule has 0 spiro atoms. The van der Waals surface area contributed by atoms with Gasteiger partial charge in [-0.25, -0.2) is 0 Å². The summed E-state index contributed by atoms with van der Waals surface area (Å²) in [5.74, 6) is 0.778. The van der Waals surface area contributed by atoms with Crippen molar-refractivity contribution < 1.29 is 10.5 Å². The minimum atomic E-state index is 0.778. The van der Waals surface area contributed by atoms with E-state index in [0.29, 0.717) is 0 Å². The largest absolute Gasteiger partial charge is 0.255 e. The number of thiol groups is 1. The average Bonchev–Trinajstić information content (AvgIpc) is 2.65. The molecule has 0 saturated heterocycles. The Hall–Kier alpha value is -0.430. The summed E-state index contributed by atoms with van der Waals surface area (Å²) in [6.45, 7) is 3.40. The third kappa shape index (κ3) is 17.7. The Balaban J connectivity index is 0. The molecule has 2 N–H and O–H groups in total. The first-order chi connectivity index (χ1) is 5.41. The van der Waals surface area contributed by atoms with Gasteiger partial charge in [0.1, 0.15) is 0 Å². The lowest BCUT2D eigenvalue weighted by Crippen LogP contribution is -1.51. The van der Waals surface area contributed by atoms with E-state index in [4.69, 9.17) is 10.5 Å². The zero-order valence-corrected chi connectivity index (χ0v) is 7.50. The Bertz CT molecular complexity index is 118. The second-order valence-electron chi connectivity index (χ2n) is 1.06. The van der Waals surface area contributed by atoms with E-state index in [1.165, 1.54) is 11.5 Å². The van der Waals surface area contributed by atoms with E-state index >= 15 is 0 Å². The van der Waals surface area contributed by atoms with Gasteiger partial charge >= 0.3 is 0 Å². The summed E-state index contributed by atoms with van der Waals surface area (Å²) in [6.07, 6.45) is 3.40. The van der Waals surface area contributed by atoms with Crippen molar-refractivity contribution in [3.05, 3.63) is 24.2 Å². The maximum atomic E-state index is 6.00. The monoisotopic (exact) mass is 194 g/mol. The molecule has 0 aliphatic rings. The highest BCUT2D eigenvalue weighted by Crippen LogP contribution is 1.78. The number of rotatable bonds is 1. The van der Waals surface area contributed by atoms with Gasteiger partial charge in [0.05, 0.1) is 6.20 Å². The molecule has 1 rings (SSSR count). The summed E-state index contributed by atoms with van der Waals surface area (Å²) in [5, 5.41) is 17.3. The molecule has 0 aliphatic heterocycles. The summed E-state index contributed by atoms with van der Waals surface area (Å²) in [7, 11) is 0. The molecule has 11 heavy (non-hydrogen) atoms. The Morgan fingerprint density at radius 1 is 1.64 bits per heavy atom. The second-order valence-corrected chi connectivity index (χ2v) is 2.07. The van der Waals surface area contributed by atoms with Crippen molar-refractivity contribution in [3.63, 3.8) is 0 Å². The summed E-state index contributed by atoms with van der Waals surface area (Å²) < 4.78 is 3.51. The van der Waals surface area contributed by atoms with E-state index in [-0.39, 0.29) is 0 Å². The van der Waals surface area contributed by atoms with E-state index in [1.807, 2.05) is 5.38 Å². The van der Waals surface area contributed by atoms with Crippen LogP contribution in [0.4, 0.5) is 0 Å². The van der Waals surface area contributed by atoms with Gasteiger partial charge in [0, 0.05) is 11.1 Å². The number of hydrogen-bond donors (Lipinski definition) is 3. The van der Waals surface area contributed by atoms with Gasteiger partial charge in [0.25, 0.3) is 0 Å². The quantitative estimate of drug-likeness (QED) is 0.275. The summed E-state index contributed by atoms with van der Waals surface area (Å²) >= 11 is 5.15. The molecule has 0 fully saturated rings. The lowest BCUT2D eigenvalue weighted by molar-refractivity contribution is -0.176. The SMILES string of the molecule is C=CCS.OO.c1csnn1. The van der Waals surface area contributed by atoms with E-state index < -0.39 is 0 Å². The molecule has 1 aromatic rings. The van der Waals surface area contributed by atoms with Crippen LogP contribution in [-0.2, 0) is 0 Å². The number of hydrogen-bond acceptors (Lipinski definition) is 6. The fraction of sp³-hybridized carbons (Fsp3) is 0.200. The Labute approximate surface area is 74.7 Å². The van der Waals surface area contributed by atoms with Crippen LogP contribution >= 0.6 is 24.2 Å². The first kappa shape index (κ1) is 13.2. The molecule has 6 heteroatoms. The fourth-order valence-corrected chi connectivity index (χ4v) is 0.408. The molecule has 0 bridgehead atoms. The maximum Gasteiger partial charge on any atom is 0.0620 e. The van der Waals surface area contributed by atoms with E-state index in [9.17, 15) is 0 Å². The van der Waals surface area contributed by atoms with Crippen molar-refractivity contribution in [3.8, 4) is 0 Å². The van der Waals surface area contributed by atoms with Crippen LogP contribution in [0.5, 0.6) is 0 Å². The molecular weight excluding hydrogens is 184 g/mol. The molecule has 64 valence electrons. The smallest absolute Gasteiger partial charge is 0.0620 e. The average molecular weight is 194 g/mol. The number of nitrogens with zero attached hydrogens (tertiary/aromatic N) is 2. The molecule has 0 amide bonds. The lowest BCUT2D eigenvalue weighted by atomic mass is 10.8. The standard InChI is InChI=1S/C3H6S.C2H2N2S.H2O2/c1-2-3-4;1-2-5-4-3-1;1-2/h2,4H,1,3H2;1-2H;1-2H. The molecule has 0 radical (unpaired) electrons. The molecule has 4 nitrogen and oxygen atoms in total. The number of aromatic nitrogens is 2. The lowest BCUT2D eigenvalue weighted by Gasteiger charge is -1.57. The van der Waals surface area contributed by atoms with Gasteiger partial charge in [-0.1, -0.05) is 10.6 Å². The van der Waals surface area contributed by atoms with Gasteiger partial charge < -0.3 is 0 Å². The molecule has 0 atom stereocenters. The van der Waals surface area contributed by atoms with Crippen molar-refractivity contribution >= 4 is 24.2 Å². The molecule has 1 aromatic heterocycles. The maximum absolute atomic E-state index is 6.00. The molecule has 0 aliphatic carbocycles. The second kappa shape index (κ2) is 16.3. The van der Waals surface area contributed by atoms with Gasteiger partial charge in [-0.2, -0.15) is 12.6 Å². The molecular formula is C5H10N2O2S2. The highest BCUT2D eigenvalue weighted by molar-refractivity contribution is 7.80. The summed E-state index contributed by atoms with van der Waals surface area (Å²) in [6, 6.07) is 0. The normalized spacial score (nSPS) is 6.45. The first-order valence-electron chi connectivity index (χ1n) is 2.54. The Morgan fingerprint density at radius 2 is 2.18 bits per heavy atom. The van der Waals surface area contributed by atoms with Crippen LogP contribution in [0.15, 0.2) is 24.2 Å². The van der Waals surface area contributed by atoms with Crippen LogP contribution in [0.2, 0.25) is 0 Å². The van der Waals surface area contributed by atoms with Gasteiger partial charge in [0.15, 0.2) is 0 Å². The van der Waals surface area contributed by atoms with Crippen LogP contribution < -0.4 is 0 Å². The summed E-state index contributed by atoms with van der Waals surface area (Å²) in [5.41, 5.74) is 0. The first-order valence-corrected chi connectivity index (χ1v) is 4.01. The predicted octanol–water partition coefficient (Wildman–Crippen LogP) is 1.66. The van der Waals surface area contributed by atoms with Crippen LogP contribution in [0.3, 0.4) is 0 Å². The van der Waals surface area contributed by atoms with Crippen LogP contribution in [0.1, 0.15) is 0 Å². The Morgan fingerprint density at radius 3 is 2.27 bits per heavy atom. The minimum absolute atomic E-state index is 0.778. The molecule has 0 unspecified atom stereocenters. The summed E-state index contributed by atoms with van der Waals surface area (Å²) in [4.78, 5) is 0. The van der Waals surface area contributed by atoms with Crippen molar-refractivity contribution in [2.75, 3.05) is 5.75 Å². The highest BCUT2D eigenvalue weighted by atomic mass is 32.1.